The second-order valence-electron chi connectivity index (χ2n) is 9.15. The number of carboxylic acid groups (broad SMARTS) is 1. The third kappa shape index (κ3) is 7.83. The molecule has 198 valence electrons. The quantitative estimate of drug-likeness (QED) is 0.246. The monoisotopic (exact) mass is 524 g/mol. The number of ether oxygens (including phenoxy) is 2. The Morgan fingerprint density at radius 3 is 1.86 bits per heavy atom. The largest absolute Gasteiger partial charge is 0.493 e. The van der Waals surface area contributed by atoms with Crippen LogP contribution in [0.1, 0.15) is 43.2 Å². The van der Waals surface area contributed by atoms with Gasteiger partial charge in [0.1, 0.15) is 0 Å². The Labute approximate surface area is 220 Å². The Morgan fingerprint density at radius 2 is 1.32 bits per heavy atom. The number of rotatable bonds is 15. The number of hydrogen-bond acceptors (Lipinski definition) is 5. The molecular weight excluding hydrogens is 488 g/mol. The van der Waals surface area contributed by atoms with Crippen LogP contribution in [0.15, 0.2) is 83.8 Å². The number of unbranched alkanes of at least 4 members (excludes halogenated alkanes) is 1. The highest BCUT2D eigenvalue weighted by Gasteiger charge is 2.38. The molecule has 0 aliphatic carbocycles. The number of aliphatic carboxylic acids is 1. The molecule has 0 saturated heterocycles. The van der Waals surface area contributed by atoms with Crippen molar-refractivity contribution in [2.45, 2.75) is 55.1 Å². The molecule has 2 atom stereocenters. The lowest BCUT2D eigenvalue weighted by molar-refractivity contribution is -0.142. The van der Waals surface area contributed by atoms with Crippen molar-refractivity contribution in [3.05, 3.63) is 90.0 Å². The molecule has 2 unspecified atom stereocenters. The molecule has 0 aliphatic heterocycles. The van der Waals surface area contributed by atoms with Gasteiger partial charge in [0.25, 0.3) is 0 Å². The predicted molar refractivity (Wildman–Crippen MR) is 145 cm³/mol. The van der Waals surface area contributed by atoms with Crippen LogP contribution in [0.25, 0.3) is 0 Å². The first kappa shape index (κ1) is 28.3. The van der Waals surface area contributed by atoms with Gasteiger partial charge in [-0.2, -0.15) is 0 Å². The number of carboxylic acids is 1. The molecule has 0 spiro atoms. The third-order valence-corrected chi connectivity index (χ3v) is 8.99. The maximum absolute atomic E-state index is 13.9. The van der Waals surface area contributed by atoms with Gasteiger partial charge in [-0.05, 0) is 61.8 Å². The molecule has 0 amide bonds. The lowest BCUT2D eigenvalue weighted by Gasteiger charge is -2.25. The van der Waals surface area contributed by atoms with Gasteiger partial charge >= 0.3 is 5.97 Å². The number of carbonyl (C=O) groups is 1. The van der Waals surface area contributed by atoms with Crippen LogP contribution in [0, 0.1) is 5.92 Å². The number of benzene rings is 3. The van der Waals surface area contributed by atoms with E-state index in [1.807, 2.05) is 60.7 Å². The van der Waals surface area contributed by atoms with Gasteiger partial charge in [0.15, 0.2) is 21.3 Å². The lowest BCUT2D eigenvalue weighted by atomic mass is 9.93. The normalized spacial score (nSPS) is 13.0. The summed E-state index contributed by atoms with van der Waals surface area (Å²) in [6, 6.07) is 24.3. The summed E-state index contributed by atoms with van der Waals surface area (Å²) >= 11 is 0. The SMILES string of the molecule is COc1ccc(S(=O)(=O)C(CCCCc2ccccc2)C(CCCc2ccccc2)C(=O)O)cc1OC. The minimum absolute atomic E-state index is 0.0486. The number of sulfone groups is 1. The van der Waals surface area contributed by atoms with Crippen molar-refractivity contribution in [3.63, 3.8) is 0 Å². The first-order valence-corrected chi connectivity index (χ1v) is 14.2. The van der Waals surface area contributed by atoms with E-state index in [0.29, 0.717) is 30.8 Å². The molecule has 3 rings (SSSR count). The van der Waals surface area contributed by atoms with E-state index in [4.69, 9.17) is 9.47 Å². The molecule has 0 bridgehead atoms. The molecule has 3 aromatic carbocycles. The van der Waals surface area contributed by atoms with E-state index in [2.05, 4.69) is 0 Å². The van der Waals surface area contributed by atoms with Gasteiger partial charge in [0, 0.05) is 6.07 Å². The highest BCUT2D eigenvalue weighted by atomic mass is 32.2. The maximum atomic E-state index is 13.9. The van der Waals surface area contributed by atoms with Crippen molar-refractivity contribution in [2.75, 3.05) is 14.2 Å². The van der Waals surface area contributed by atoms with E-state index >= 15 is 0 Å². The van der Waals surface area contributed by atoms with E-state index < -0.39 is 27.0 Å². The third-order valence-electron chi connectivity index (χ3n) is 6.72. The maximum Gasteiger partial charge on any atom is 0.307 e. The standard InChI is InChI=1S/C30H36O6S/c1-35-27-21-20-25(22-28(27)36-2)37(33,34)29(19-10-9-16-23-12-5-3-6-13-23)26(30(31)32)18-11-17-24-14-7-4-8-15-24/h3-8,12-15,20-22,26,29H,9-11,16-19H2,1-2H3,(H,31,32). The average Bonchev–Trinajstić information content (AvgIpc) is 2.92. The van der Waals surface area contributed by atoms with Crippen LogP contribution in [0.4, 0.5) is 0 Å². The molecule has 3 aromatic rings. The summed E-state index contributed by atoms with van der Waals surface area (Å²) in [7, 11) is -1.04. The fourth-order valence-corrected chi connectivity index (χ4v) is 6.74. The van der Waals surface area contributed by atoms with Gasteiger partial charge in [-0.25, -0.2) is 8.42 Å². The van der Waals surface area contributed by atoms with E-state index in [-0.39, 0.29) is 17.7 Å². The zero-order valence-electron chi connectivity index (χ0n) is 21.5. The summed E-state index contributed by atoms with van der Waals surface area (Å²) < 4.78 is 38.3. The number of methoxy groups -OCH3 is 2. The van der Waals surface area contributed by atoms with Gasteiger partial charge in [0.05, 0.1) is 30.3 Å². The minimum Gasteiger partial charge on any atom is -0.493 e. The summed E-state index contributed by atoms with van der Waals surface area (Å²) in [5.41, 5.74) is 2.29. The second kappa shape index (κ2) is 13.8. The van der Waals surface area contributed by atoms with Crippen molar-refractivity contribution in [1.82, 2.24) is 0 Å². The zero-order chi connectivity index (χ0) is 26.7. The van der Waals surface area contributed by atoms with Gasteiger partial charge in [-0.3, -0.25) is 4.79 Å². The fourth-order valence-electron chi connectivity index (χ4n) is 4.70. The van der Waals surface area contributed by atoms with Crippen LogP contribution >= 0.6 is 0 Å². The molecule has 0 heterocycles. The molecule has 37 heavy (non-hydrogen) atoms. The van der Waals surface area contributed by atoms with Gasteiger partial charge in [-0.1, -0.05) is 67.1 Å². The van der Waals surface area contributed by atoms with Crippen molar-refractivity contribution < 1.29 is 27.8 Å². The van der Waals surface area contributed by atoms with Crippen molar-refractivity contribution >= 4 is 15.8 Å². The Balaban J connectivity index is 1.83. The Hall–Kier alpha value is -3.32. The van der Waals surface area contributed by atoms with Gasteiger partial charge in [-0.15, -0.1) is 0 Å². The summed E-state index contributed by atoms with van der Waals surface area (Å²) in [6.45, 7) is 0. The first-order chi connectivity index (χ1) is 17.9. The second-order valence-corrected chi connectivity index (χ2v) is 11.3. The van der Waals surface area contributed by atoms with Gasteiger partial charge in [0.2, 0.25) is 0 Å². The molecule has 6 nitrogen and oxygen atoms in total. The Kier molecular flexibility index (Phi) is 10.6. The van der Waals surface area contributed by atoms with Crippen LogP contribution in [0.3, 0.4) is 0 Å². The van der Waals surface area contributed by atoms with Crippen molar-refractivity contribution in [3.8, 4) is 11.5 Å². The lowest BCUT2D eigenvalue weighted by Crippen LogP contribution is -2.35. The minimum atomic E-state index is -3.96. The van der Waals surface area contributed by atoms with Crippen LogP contribution < -0.4 is 9.47 Å². The van der Waals surface area contributed by atoms with E-state index in [9.17, 15) is 18.3 Å². The van der Waals surface area contributed by atoms with E-state index in [1.54, 1.807) is 6.07 Å². The smallest absolute Gasteiger partial charge is 0.307 e. The molecule has 0 aliphatic rings. The van der Waals surface area contributed by atoms with Crippen LogP contribution in [-0.2, 0) is 27.5 Å². The highest BCUT2D eigenvalue weighted by Crippen LogP contribution is 2.35. The summed E-state index contributed by atoms with van der Waals surface area (Å²) in [6.07, 6.45) is 4.03. The number of aryl methyl sites for hydroxylation is 2. The molecule has 1 N–H and O–H groups in total. The van der Waals surface area contributed by atoms with Crippen molar-refractivity contribution in [2.24, 2.45) is 5.92 Å². The zero-order valence-corrected chi connectivity index (χ0v) is 22.3. The van der Waals surface area contributed by atoms with Crippen LogP contribution in [0.5, 0.6) is 11.5 Å². The van der Waals surface area contributed by atoms with E-state index in [1.165, 1.54) is 31.9 Å². The molecule has 0 radical (unpaired) electrons. The molecular formula is C30H36O6S. The summed E-state index contributed by atoms with van der Waals surface area (Å²) in [5.74, 6) is -1.38. The Bertz CT molecular complexity index is 1230. The van der Waals surface area contributed by atoms with Crippen molar-refractivity contribution in [1.29, 1.82) is 0 Å². The first-order valence-electron chi connectivity index (χ1n) is 12.6. The summed E-state index contributed by atoms with van der Waals surface area (Å²) in [5, 5.41) is 9.11. The van der Waals surface area contributed by atoms with Crippen LogP contribution in [-0.4, -0.2) is 39.0 Å². The summed E-state index contributed by atoms with van der Waals surface area (Å²) in [4.78, 5) is 12.5. The topological polar surface area (TPSA) is 89.9 Å². The predicted octanol–water partition coefficient (Wildman–Crippen LogP) is 5.98. The van der Waals surface area contributed by atoms with Gasteiger partial charge < -0.3 is 14.6 Å². The molecule has 0 saturated carbocycles. The molecule has 0 aromatic heterocycles. The number of hydrogen-bond donors (Lipinski definition) is 1. The average molecular weight is 525 g/mol. The fraction of sp³-hybridized carbons (Fsp3) is 0.367. The Morgan fingerprint density at radius 1 is 0.757 bits per heavy atom. The van der Waals surface area contributed by atoms with E-state index in [0.717, 1.165) is 18.4 Å². The van der Waals surface area contributed by atoms with Crippen LogP contribution in [0.2, 0.25) is 0 Å². The molecule has 7 heteroatoms. The molecule has 0 fully saturated rings. The highest BCUT2D eigenvalue weighted by molar-refractivity contribution is 7.92.